The fourth-order valence-electron chi connectivity index (χ4n) is 1.64. The first kappa shape index (κ1) is 14.2. The third-order valence-electron chi connectivity index (χ3n) is 2.65. The molecule has 0 amide bonds. The topological polar surface area (TPSA) is 17.1 Å². The molecule has 0 fully saturated rings. The number of benzene rings is 2. The van der Waals surface area contributed by atoms with Crippen molar-refractivity contribution in [1.29, 1.82) is 0 Å². The van der Waals surface area contributed by atoms with Crippen molar-refractivity contribution in [1.82, 2.24) is 0 Å². The lowest BCUT2D eigenvalue weighted by atomic mass is 10.0. The van der Waals surface area contributed by atoms with E-state index in [-0.39, 0.29) is 5.56 Å². The van der Waals surface area contributed by atoms with Crippen molar-refractivity contribution >= 4 is 5.78 Å². The van der Waals surface area contributed by atoms with Crippen LogP contribution in [-0.4, -0.2) is 5.78 Å². The lowest BCUT2D eigenvalue weighted by molar-refractivity contribution is -0.137. The van der Waals surface area contributed by atoms with Crippen LogP contribution in [0.15, 0.2) is 42.5 Å². The van der Waals surface area contributed by atoms with E-state index in [0.717, 1.165) is 24.3 Å². The van der Waals surface area contributed by atoms with E-state index in [9.17, 15) is 26.7 Å². The number of carbonyl (C=O) groups excluding carboxylic acids is 1. The first-order valence-electron chi connectivity index (χ1n) is 5.46. The van der Waals surface area contributed by atoms with Gasteiger partial charge in [-0.3, -0.25) is 4.79 Å². The Morgan fingerprint density at radius 2 is 1.50 bits per heavy atom. The molecule has 0 heterocycles. The molecule has 1 nitrogen and oxygen atoms in total. The summed E-state index contributed by atoms with van der Waals surface area (Å²) in [5, 5.41) is 0. The van der Waals surface area contributed by atoms with Gasteiger partial charge in [-0.15, -0.1) is 0 Å². The van der Waals surface area contributed by atoms with Crippen LogP contribution in [0.3, 0.4) is 0 Å². The lowest BCUT2D eigenvalue weighted by Crippen LogP contribution is -2.08. The van der Waals surface area contributed by atoms with E-state index in [2.05, 4.69) is 0 Å². The maximum Gasteiger partial charge on any atom is 0.416 e. The van der Waals surface area contributed by atoms with Gasteiger partial charge >= 0.3 is 6.18 Å². The first-order chi connectivity index (χ1) is 9.29. The van der Waals surface area contributed by atoms with Gasteiger partial charge in [0, 0.05) is 5.56 Å². The molecule has 0 aromatic heterocycles. The standard InChI is InChI=1S/C14H7F5O/c15-10-5-6-12(16)11(7-10)13(20)8-1-3-9(4-2-8)14(17,18)19/h1-7H. The van der Waals surface area contributed by atoms with Crippen molar-refractivity contribution in [3.05, 3.63) is 70.8 Å². The molecule has 0 aliphatic carbocycles. The van der Waals surface area contributed by atoms with E-state index in [1.165, 1.54) is 0 Å². The van der Waals surface area contributed by atoms with Crippen molar-refractivity contribution < 1.29 is 26.7 Å². The van der Waals surface area contributed by atoms with Gasteiger partial charge in [0.25, 0.3) is 0 Å². The summed E-state index contributed by atoms with van der Waals surface area (Å²) in [5.74, 6) is -2.62. The van der Waals surface area contributed by atoms with Gasteiger partial charge in [0.05, 0.1) is 11.1 Å². The predicted molar refractivity (Wildman–Crippen MR) is 61.2 cm³/mol. The normalized spacial score (nSPS) is 11.4. The number of halogens is 5. The molecule has 6 heteroatoms. The number of ketones is 1. The number of hydrogen-bond acceptors (Lipinski definition) is 1. The van der Waals surface area contributed by atoms with E-state index >= 15 is 0 Å². The van der Waals surface area contributed by atoms with Gasteiger partial charge in [0.1, 0.15) is 11.6 Å². The fraction of sp³-hybridized carbons (Fsp3) is 0.0714. The second-order valence-corrected chi connectivity index (χ2v) is 4.03. The van der Waals surface area contributed by atoms with Crippen LogP contribution in [0.2, 0.25) is 0 Å². The summed E-state index contributed by atoms with van der Waals surface area (Å²) in [4.78, 5) is 11.9. The summed E-state index contributed by atoms with van der Waals surface area (Å²) in [5.41, 5.74) is -1.60. The zero-order valence-corrected chi connectivity index (χ0v) is 9.84. The molecular weight excluding hydrogens is 279 g/mol. The number of carbonyl (C=O) groups is 1. The van der Waals surface area contributed by atoms with Crippen LogP contribution >= 0.6 is 0 Å². The molecule has 0 saturated carbocycles. The number of rotatable bonds is 2. The minimum absolute atomic E-state index is 0.150. The van der Waals surface area contributed by atoms with Crippen molar-refractivity contribution in [3.8, 4) is 0 Å². The second kappa shape index (κ2) is 5.03. The number of alkyl halides is 3. The zero-order chi connectivity index (χ0) is 14.9. The Morgan fingerprint density at radius 3 is 2.05 bits per heavy atom. The fourth-order valence-corrected chi connectivity index (χ4v) is 1.64. The van der Waals surface area contributed by atoms with E-state index in [0.29, 0.717) is 18.2 Å². The Hall–Kier alpha value is -2.24. The number of hydrogen-bond donors (Lipinski definition) is 0. The molecule has 0 bridgehead atoms. The Balaban J connectivity index is 2.37. The summed E-state index contributed by atoms with van der Waals surface area (Å²) in [6.07, 6.45) is -4.52. The van der Waals surface area contributed by atoms with Crippen LogP contribution in [-0.2, 0) is 6.18 Å². The summed E-state index contributed by atoms with van der Waals surface area (Å²) in [6, 6.07) is 5.61. The van der Waals surface area contributed by atoms with Gasteiger partial charge < -0.3 is 0 Å². The summed E-state index contributed by atoms with van der Waals surface area (Å²) in [7, 11) is 0. The van der Waals surface area contributed by atoms with Gasteiger partial charge in [-0.05, 0) is 30.3 Å². The minimum atomic E-state index is -4.52. The predicted octanol–water partition coefficient (Wildman–Crippen LogP) is 4.21. The van der Waals surface area contributed by atoms with Crippen molar-refractivity contribution in [2.45, 2.75) is 6.18 Å². The monoisotopic (exact) mass is 286 g/mol. The molecule has 0 atom stereocenters. The van der Waals surface area contributed by atoms with Crippen LogP contribution in [0.25, 0.3) is 0 Å². The van der Waals surface area contributed by atoms with Gasteiger partial charge in [-0.25, -0.2) is 8.78 Å². The van der Waals surface area contributed by atoms with Gasteiger partial charge in [0.2, 0.25) is 0 Å². The molecule has 104 valence electrons. The summed E-state index contributed by atoms with van der Waals surface area (Å²) in [6.45, 7) is 0. The molecule has 0 saturated heterocycles. The third-order valence-corrected chi connectivity index (χ3v) is 2.65. The molecule has 0 aliphatic rings. The molecular formula is C14H7F5O. The highest BCUT2D eigenvalue weighted by molar-refractivity contribution is 6.09. The SMILES string of the molecule is O=C(c1ccc(C(F)(F)F)cc1)c1cc(F)ccc1F. The third kappa shape index (κ3) is 2.84. The molecule has 2 rings (SSSR count). The summed E-state index contributed by atoms with van der Waals surface area (Å²) >= 11 is 0. The van der Waals surface area contributed by atoms with E-state index < -0.39 is 34.7 Å². The maximum absolute atomic E-state index is 13.4. The van der Waals surface area contributed by atoms with Gasteiger partial charge in [-0.1, -0.05) is 12.1 Å². The molecule has 0 radical (unpaired) electrons. The quantitative estimate of drug-likeness (QED) is 0.597. The molecule has 0 unspecified atom stereocenters. The largest absolute Gasteiger partial charge is 0.416 e. The molecule has 20 heavy (non-hydrogen) atoms. The average Bonchev–Trinajstić information content (AvgIpc) is 2.40. The van der Waals surface area contributed by atoms with Crippen LogP contribution in [0, 0.1) is 11.6 Å². The smallest absolute Gasteiger partial charge is 0.288 e. The van der Waals surface area contributed by atoms with Gasteiger partial charge in [-0.2, -0.15) is 13.2 Å². The van der Waals surface area contributed by atoms with Gasteiger partial charge in [0.15, 0.2) is 5.78 Å². The Bertz CT molecular complexity index is 644. The van der Waals surface area contributed by atoms with E-state index in [4.69, 9.17) is 0 Å². The molecule has 0 aliphatic heterocycles. The van der Waals surface area contributed by atoms with Crippen LogP contribution in [0.1, 0.15) is 21.5 Å². The highest BCUT2D eigenvalue weighted by Gasteiger charge is 2.30. The first-order valence-corrected chi connectivity index (χ1v) is 5.46. The van der Waals surface area contributed by atoms with Crippen molar-refractivity contribution in [2.24, 2.45) is 0 Å². The van der Waals surface area contributed by atoms with Crippen LogP contribution < -0.4 is 0 Å². The van der Waals surface area contributed by atoms with E-state index in [1.54, 1.807) is 0 Å². The average molecular weight is 286 g/mol. The lowest BCUT2D eigenvalue weighted by Gasteiger charge is -2.07. The highest BCUT2D eigenvalue weighted by Crippen LogP contribution is 2.29. The highest BCUT2D eigenvalue weighted by atomic mass is 19.4. The van der Waals surface area contributed by atoms with E-state index in [1.807, 2.05) is 0 Å². The minimum Gasteiger partial charge on any atom is -0.288 e. The van der Waals surface area contributed by atoms with Crippen molar-refractivity contribution in [3.63, 3.8) is 0 Å². The van der Waals surface area contributed by atoms with Crippen molar-refractivity contribution in [2.75, 3.05) is 0 Å². The Labute approximate surface area is 110 Å². The summed E-state index contributed by atoms with van der Waals surface area (Å²) < 4.78 is 63.5. The molecule has 0 spiro atoms. The zero-order valence-electron chi connectivity index (χ0n) is 9.84. The Morgan fingerprint density at radius 1 is 0.900 bits per heavy atom. The second-order valence-electron chi connectivity index (χ2n) is 4.03. The molecule has 2 aromatic rings. The Kier molecular flexibility index (Phi) is 3.57. The van der Waals surface area contributed by atoms with Crippen LogP contribution in [0.5, 0.6) is 0 Å². The molecule has 2 aromatic carbocycles. The maximum atomic E-state index is 13.4. The van der Waals surface area contributed by atoms with Crippen LogP contribution in [0.4, 0.5) is 22.0 Å². The molecule has 0 N–H and O–H groups in total.